The Morgan fingerprint density at radius 1 is 1.29 bits per heavy atom. The van der Waals surface area contributed by atoms with Crippen LogP contribution in [0, 0.1) is 5.82 Å². The maximum Gasteiger partial charge on any atom is 0.152 e. The van der Waals surface area contributed by atoms with Gasteiger partial charge in [0, 0.05) is 10.9 Å². The average molecular weight is 229 g/mol. The van der Waals surface area contributed by atoms with E-state index in [1.54, 1.807) is 18.2 Å². The Bertz CT molecular complexity index is 683. The Hall–Kier alpha value is -2.36. The van der Waals surface area contributed by atoms with E-state index in [1.807, 2.05) is 0 Å². The summed E-state index contributed by atoms with van der Waals surface area (Å²) < 4.78 is 18.4. The first kappa shape index (κ1) is 9.84. The molecule has 3 nitrogen and oxygen atoms in total. The fourth-order valence-corrected chi connectivity index (χ4v) is 1.92. The van der Waals surface area contributed by atoms with Crippen molar-refractivity contribution in [2.45, 2.75) is 0 Å². The van der Waals surface area contributed by atoms with E-state index < -0.39 is 0 Å². The number of aromatic nitrogens is 1. The second-order valence-corrected chi connectivity index (χ2v) is 3.70. The molecule has 3 aromatic rings. The van der Waals surface area contributed by atoms with Crippen molar-refractivity contribution in [3.63, 3.8) is 0 Å². The van der Waals surface area contributed by atoms with Crippen molar-refractivity contribution in [1.82, 2.24) is 4.98 Å². The molecule has 0 fully saturated rings. The average Bonchev–Trinajstić information content (AvgIpc) is 2.94. The van der Waals surface area contributed by atoms with Crippen LogP contribution < -0.4 is 0 Å². The minimum absolute atomic E-state index is 0.370. The second kappa shape index (κ2) is 3.59. The third-order valence-corrected chi connectivity index (χ3v) is 2.69. The molecule has 0 atom stereocenters. The Kier molecular flexibility index (Phi) is 2.08. The van der Waals surface area contributed by atoms with Gasteiger partial charge in [-0.15, -0.1) is 0 Å². The first-order chi connectivity index (χ1) is 8.29. The zero-order valence-electron chi connectivity index (χ0n) is 8.74. The van der Waals surface area contributed by atoms with Gasteiger partial charge in [0.25, 0.3) is 0 Å². The number of aldehydes is 1. The van der Waals surface area contributed by atoms with Crippen molar-refractivity contribution in [3.8, 4) is 11.5 Å². The van der Waals surface area contributed by atoms with Crippen molar-refractivity contribution in [2.24, 2.45) is 0 Å². The standard InChI is InChI=1S/C13H8FNO2/c14-8-3-4-11-9(6-8)10(7-16)13(15-11)12-2-1-5-17-12/h1-7,15H. The van der Waals surface area contributed by atoms with Crippen molar-refractivity contribution in [2.75, 3.05) is 0 Å². The molecule has 2 heterocycles. The van der Waals surface area contributed by atoms with Gasteiger partial charge in [-0.2, -0.15) is 0 Å². The van der Waals surface area contributed by atoms with Crippen LogP contribution in [0.2, 0.25) is 0 Å². The fourth-order valence-electron chi connectivity index (χ4n) is 1.92. The highest BCUT2D eigenvalue weighted by Crippen LogP contribution is 2.29. The van der Waals surface area contributed by atoms with Crippen LogP contribution in [0.15, 0.2) is 41.0 Å². The molecule has 0 saturated carbocycles. The number of nitrogens with one attached hydrogen (secondary N) is 1. The molecule has 1 aromatic carbocycles. The largest absolute Gasteiger partial charge is 0.463 e. The third kappa shape index (κ3) is 1.45. The molecule has 0 aliphatic heterocycles. The summed E-state index contributed by atoms with van der Waals surface area (Å²) >= 11 is 0. The molecule has 1 N–H and O–H groups in total. The number of furan rings is 1. The fraction of sp³-hybridized carbons (Fsp3) is 0. The zero-order valence-corrected chi connectivity index (χ0v) is 8.74. The highest BCUT2D eigenvalue weighted by atomic mass is 19.1. The maximum absolute atomic E-state index is 13.2. The minimum Gasteiger partial charge on any atom is -0.463 e. The van der Waals surface area contributed by atoms with Crippen molar-refractivity contribution >= 4 is 17.2 Å². The van der Waals surface area contributed by atoms with Crippen LogP contribution in [0.3, 0.4) is 0 Å². The van der Waals surface area contributed by atoms with E-state index in [9.17, 15) is 9.18 Å². The van der Waals surface area contributed by atoms with E-state index in [1.165, 1.54) is 18.4 Å². The maximum atomic E-state index is 13.2. The number of rotatable bonds is 2. The van der Waals surface area contributed by atoms with Crippen LogP contribution >= 0.6 is 0 Å². The Morgan fingerprint density at radius 3 is 2.88 bits per heavy atom. The van der Waals surface area contributed by atoms with Gasteiger partial charge in [0.1, 0.15) is 5.82 Å². The van der Waals surface area contributed by atoms with Gasteiger partial charge in [0.15, 0.2) is 12.0 Å². The predicted molar refractivity (Wildman–Crippen MR) is 61.3 cm³/mol. The van der Waals surface area contributed by atoms with Crippen LogP contribution in [0.5, 0.6) is 0 Å². The van der Waals surface area contributed by atoms with Gasteiger partial charge in [0.05, 0.1) is 17.5 Å². The predicted octanol–water partition coefficient (Wildman–Crippen LogP) is 3.38. The molecule has 0 unspecified atom stereocenters. The van der Waals surface area contributed by atoms with E-state index >= 15 is 0 Å². The summed E-state index contributed by atoms with van der Waals surface area (Å²) in [6.07, 6.45) is 2.23. The zero-order chi connectivity index (χ0) is 11.8. The van der Waals surface area contributed by atoms with Gasteiger partial charge in [0.2, 0.25) is 0 Å². The molecule has 4 heteroatoms. The lowest BCUT2D eigenvalue weighted by Crippen LogP contribution is -1.82. The molecule has 0 aliphatic carbocycles. The van der Waals surface area contributed by atoms with Crippen LogP contribution in [-0.4, -0.2) is 11.3 Å². The summed E-state index contributed by atoms with van der Waals surface area (Å²) in [6, 6.07) is 7.76. The summed E-state index contributed by atoms with van der Waals surface area (Å²) in [5, 5.41) is 0.561. The SMILES string of the molecule is O=Cc1c(-c2ccco2)[nH]c2ccc(F)cc12. The van der Waals surface area contributed by atoms with E-state index in [-0.39, 0.29) is 5.82 Å². The summed E-state index contributed by atoms with van der Waals surface area (Å²) in [4.78, 5) is 14.2. The van der Waals surface area contributed by atoms with Crippen LogP contribution in [0.4, 0.5) is 4.39 Å². The van der Waals surface area contributed by atoms with E-state index in [0.29, 0.717) is 34.2 Å². The number of H-pyrrole nitrogens is 1. The van der Waals surface area contributed by atoms with Crippen molar-refractivity contribution < 1.29 is 13.6 Å². The summed E-state index contributed by atoms with van der Waals surface area (Å²) in [5.74, 6) is 0.189. The number of fused-ring (bicyclic) bond motifs is 1. The number of hydrogen-bond donors (Lipinski definition) is 1. The number of halogens is 1. The minimum atomic E-state index is -0.370. The van der Waals surface area contributed by atoms with Crippen LogP contribution in [0.1, 0.15) is 10.4 Å². The van der Waals surface area contributed by atoms with Gasteiger partial charge in [-0.25, -0.2) is 4.39 Å². The smallest absolute Gasteiger partial charge is 0.152 e. The molecule has 84 valence electrons. The number of aromatic amines is 1. The first-order valence-corrected chi connectivity index (χ1v) is 5.10. The Morgan fingerprint density at radius 2 is 2.18 bits per heavy atom. The number of carbonyl (C=O) groups excluding carboxylic acids is 1. The van der Waals surface area contributed by atoms with Gasteiger partial charge >= 0.3 is 0 Å². The number of benzene rings is 1. The number of hydrogen-bond acceptors (Lipinski definition) is 2. The van der Waals surface area contributed by atoms with E-state index in [0.717, 1.165) is 0 Å². The normalized spacial score (nSPS) is 10.9. The first-order valence-electron chi connectivity index (χ1n) is 5.10. The summed E-state index contributed by atoms with van der Waals surface area (Å²) in [7, 11) is 0. The molecule has 17 heavy (non-hydrogen) atoms. The molecule has 2 aromatic heterocycles. The molecular weight excluding hydrogens is 221 g/mol. The summed E-state index contributed by atoms with van der Waals surface area (Å²) in [6.45, 7) is 0. The van der Waals surface area contributed by atoms with Crippen LogP contribution in [-0.2, 0) is 0 Å². The molecule has 0 aliphatic rings. The van der Waals surface area contributed by atoms with Gasteiger partial charge in [-0.3, -0.25) is 4.79 Å². The van der Waals surface area contributed by atoms with E-state index in [2.05, 4.69) is 4.98 Å². The third-order valence-electron chi connectivity index (χ3n) is 2.69. The highest BCUT2D eigenvalue weighted by molar-refractivity contribution is 6.03. The van der Waals surface area contributed by atoms with Gasteiger partial charge < -0.3 is 9.40 Å². The highest BCUT2D eigenvalue weighted by Gasteiger charge is 2.14. The van der Waals surface area contributed by atoms with E-state index in [4.69, 9.17) is 4.42 Å². The molecular formula is C13H8FNO2. The van der Waals surface area contributed by atoms with Crippen molar-refractivity contribution in [3.05, 3.63) is 48.0 Å². The van der Waals surface area contributed by atoms with Crippen LogP contribution in [0.25, 0.3) is 22.4 Å². The molecule has 0 spiro atoms. The second-order valence-electron chi connectivity index (χ2n) is 3.70. The lowest BCUT2D eigenvalue weighted by molar-refractivity contribution is 0.112. The monoisotopic (exact) mass is 229 g/mol. The molecule has 3 rings (SSSR count). The number of carbonyl (C=O) groups is 1. The van der Waals surface area contributed by atoms with Gasteiger partial charge in [-0.05, 0) is 30.3 Å². The summed E-state index contributed by atoms with van der Waals surface area (Å²) in [5.41, 5.74) is 1.69. The molecule has 0 radical (unpaired) electrons. The van der Waals surface area contributed by atoms with Gasteiger partial charge in [-0.1, -0.05) is 0 Å². The lowest BCUT2D eigenvalue weighted by atomic mass is 10.1. The molecule has 0 bridgehead atoms. The topological polar surface area (TPSA) is 46.0 Å². The Balaban J connectivity index is 2.36. The molecule has 0 amide bonds. The Labute approximate surface area is 95.9 Å². The lowest BCUT2D eigenvalue weighted by Gasteiger charge is -1.93. The van der Waals surface area contributed by atoms with Crippen molar-refractivity contribution in [1.29, 1.82) is 0 Å². The quantitative estimate of drug-likeness (QED) is 0.684. The molecule has 0 saturated heterocycles.